The number of hydrogen-bond acceptors (Lipinski definition) is 4. The highest BCUT2D eigenvalue weighted by Gasteiger charge is 2.34. The molecule has 1 unspecified atom stereocenters. The van der Waals surface area contributed by atoms with Gasteiger partial charge in [-0.15, -0.1) is 5.10 Å². The maximum Gasteiger partial charge on any atom is 0.276 e. The summed E-state index contributed by atoms with van der Waals surface area (Å²) < 4.78 is 1.95. The molecule has 1 aromatic rings. The first kappa shape index (κ1) is 15.1. The van der Waals surface area contributed by atoms with E-state index in [9.17, 15) is 4.79 Å². The second-order valence-electron chi connectivity index (χ2n) is 7.44. The van der Waals surface area contributed by atoms with E-state index < -0.39 is 0 Å². The number of likely N-dealkylation sites (tertiary alicyclic amines) is 2. The highest BCUT2D eigenvalue weighted by atomic mass is 16.2. The fourth-order valence-corrected chi connectivity index (χ4v) is 4.25. The summed E-state index contributed by atoms with van der Waals surface area (Å²) in [7, 11) is 0. The average Bonchev–Trinajstić information content (AvgIpc) is 3.20. The van der Waals surface area contributed by atoms with Crippen LogP contribution in [-0.2, 0) is 6.54 Å². The van der Waals surface area contributed by atoms with E-state index in [1.54, 1.807) is 0 Å². The molecule has 1 saturated carbocycles. The van der Waals surface area contributed by atoms with Crippen molar-refractivity contribution in [3.05, 3.63) is 11.4 Å². The molecule has 4 rings (SSSR count). The van der Waals surface area contributed by atoms with Gasteiger partial charge >= 0.3 is 0 Å². The van der Waals surface area contributed by atoms with Gasteiger partial charge in [-0.2, -0.15) is 0 Å². The molecule has 0 N–H and O–H groups in total. The number of carbonyl (C=O) groups excluding carboxylic acids is 1. The van der Waals surface area contributed by atoms with Crippen LogP contribution in [0.4, 0.5) is 0 Å². The molecule has 0 spiro atoms. The summed E-state index contributed by atoms with van der Waals surface area (Å²) in [5, 5.41) is 8.48. The van der Waals surface area contributed by atoms with Crippen molar-refractivity contribution in [2.75, 3.05) is 26.2 Å². The lowest BCUT2D eigenvalue weighted by Gasteiger charge is -2.36. The Hall–Kier alpha value is -1.43. The maximum atomic E-state index is 12.8. The largest absolute Gasteiger partial charge is 0.336 e. The maximum absolute atomic E-state index is 12.8. The van der Waals surface area contributed by atoms with E-state index >= 15 is 0 Å². The predicted molar refractivity (Wildman–Crippen MR) is 87.2 cm³/mol. The zero-order valence-electron chi connectivity index (χ0n) is 14.1. The minimum atomic E-state index is 0.0724. The molecule has 6 heteroatoms. The zero-order valence-corrected chi connectivity index (χ0v) is 14.1. The molecule has 0 radical (unpaired) electrons. The van der Waals surface area contributed by atoms with Gasteiger partial charge in [0.2, 0.25) is 0 Å². The van der Waals surface area contributed by atoms with Gasteiger partial charge in [-0.25, -0.2) is 4.68 Å². The predicted octanol–water partition coefficient (Wildman–Crippen LogP) is 1.70. The van der Waals surface area contributed by atoms with Crippen LogP contribution in [0.15, 0.2) is 0 Å². The first-order valence-electron chi connectivity index (χ1n) is 9.16. The summed E-state index contributed by atoms with van der Waals surface area (Å²) in [4.78, 5) is 17.3. The van der Waals surface area contributed by atoms with Gasteiger partial charge in [0.05, 0.1) is 5.69 Å². The van der Waals surface area contributed by atoms with Crippen molar-refractivity contribution in [3.63, 3.8) is 0 Å². The van der Waals surface area contributed by atoms with Crippen LogP contribution in [0.1, 0.15) is 54.7 Å². The van der Waals surface area contributed by atoms with Gasteiger partial charge in [-0.3, -0.25) is 9.69 Å². The average molecular weight is 317 g/mol. The molecular formula is C17H27N5O. The second kappa shape index (κ2) is 6.23. The summed E-state index contributed by atoms with van der Waals surface area (Å²) in [6.45, 7) is 7.02. The Kier molecular flexibility index (Phi) is 4.09. The number of amides is 1. The molecule has 6 nitrogen and oxygen atoms in total. The quantitative estimate of drug-likeness (QED) is 0.848. The zero-order chi connectivity index (χ0) is 15.8. The monoisotopic (exact) mass is 317 g/mol. The number of carbonyl (C=O) groups is 1. The lowest BCUT2D eigenvalue weighted by Crippen LogP contribution is -2.46. The third-order valence-electron chi connectivity index (χ3n) is 5.95. The van der Waals surface area contributed by atoms with Gasteiger partial charge in [0.1, 0.15) is 0 Å². The van der Waals surface area contributed by atoms with Crippen molar-refractivity contribution in [1.29, 1.82) is 0 Å². The molecule has 0 bridgehead atoms. The lowest BCUT2D eigenvalue weighted by atomic mass is 10.1. The van der Waals surface area contributed by atoms with Crippen molar-refractivity contribution in [1.82, 2.24) is 24.8 Å². The van der Waals surface area contributed by atoms with Crippen LogP contribution in [0, 0.1) is 12.8 Å². The van der Waals surface area contributed by atoms with Crippen LogP contribution in [0.5, 0.6) is 0 Å². The molecule has 2 saturated heterocycles. The van der Waals surface area contributed by atoms with Crippen LogP contribution in [0.2, 0.25) is 0 Å². The minimum Gasteiger partial charge on any atom is -0.336 e. The lowest BCUT2D eigenvalue weighted by molar-refractivity contribution is 0.0746. The molecule has 3 fully saturated rings. The van der Waals surface area contributed by atoms with E-state index in [-0.39, 0.29) is 5.91 Å². The summed E-state index contributed by atoms with van der Waals surface area (Å²) in [6.07, 6.45) is 7.63. The van der Waals surface area contributed by atoms with Crippen molar-refractivity contribution >= 4 is 5.91 Å². The molecule has 3 aliphatic rings. The van der Waals surface area contributed by atoms with Crippen LogP contribution in [0.3, 0.4) is 0 Å². The Morgan fingerprint density at radius 3 is 2.61 bits per heavy atom. The van der Waals surface area contributed by atoms with E-state index in [4.69, 9.17) is 0 Å². The summed E-state index contributed by atoms with van der Waals surface area (Å²) in [6, 6.07) is 0.557. The molecule has 0 aromatic carbocycles. The van der Waals surface area contributed by atoms with E-state index in [1.165, 1.54) is 45.2 Å². The molecule has 126 valence electrons. The van der Waals surface area contributed by atoms with Crippen molar-refractivity contribution < 1.29 is 4.79 Å². The topological polar surface area (TPSA) is 54.3 Å². The number of nitrogens with zero attached hydrogens (tertiary/aromatic N) is 5. The third kappa shape index (κ3) is 2.89. The fourth-order valence-electron chi connectivity index (χ4n) is 4.25. The smallest absolute Gasteiger partial charge is 0.276 e. The SMILES string of the molecule is Cc1c(C(=O)N2CCC(N3CCC3)C2)nnn1CC1CCCC1. The van der Waals surface area contributed by atoms with Crippen LogP contribution >= 0.6 is 0 Å². The molecule has 23 heavy (non-hydrogen) atoms. The van der Waals surface area contributed by atoms with Crippen LogP contribution < -0.4 is 0 Å². The van der Waals surface area contributed by atoms with Gasteiger partial charge in [0.25, 0.3) is 5.91 Å². The van der Waals surface area contributed by atoms with Gasteiger partial charge in [0, 0.05) is 25.7 Å². The molecule has 3 heterocycles. The first-order chi connectivity index (χ1) is 11.2. The number of rotatable bonds is 4. The fraction of sp³-hybridized carbons (Fsp3) is 0.824. The molecule has 2 aliphatic heterocycles. The Balaban J connectivity index is 1.41. The molecule has 1 amide bonds. The number of hydrogen-bond donors (Lipinski definition) is 0. The van der Waals surface area contributed by atoms with Gasteiger partial charge in [-0.05, 0) is 51.6 Å². The van der Waals surface area contributed by atoms with E-state index in [1.807, 2.05) is 16.5 Å². The Morgan fingerprint density at radius 2 is 1.91 bits per heavy atom. The normalized spacial score (nSPS) is 26.0. The summed E-state index contributed by atoms with van der Waals surface area (Å²) in [5.41, 5.74) is 1.50. The van der Waals surface area contributed by atoms with E-state index in [0.717, 1.165) is 31.7 Å². The van der Waals surface area contributed by atoms with E-state index in [2.05, 4.69) is 15.2 Å². The first-order valence-corrected chi connectivity index (χ1v) is 9.16. The second-order valence-corrected chi connectivity index (χ2v) is 7.44. The van der Waals surface area contributed by atoms with Crippen molar-refractivity contribution in [3.8, 4) is 0 Å². The van der Waals surface area contributed by atoms with Gasteiger partial charge in [0.15, 0.2) is 5.69 Å². The Bertz CT molecular complexity index is 574. The van der Waals surface area contributed by atoms with Gasteiger partial charge < -0.3 is 4.90 Å². The van der Waals surface area contributed by atoms with Crippen molar-refractivity contribution in [2.45, 2.75) is 58.0 Å². The molecular weight excluding hydrogens is 290 g/mol. The minimum absolute atomic E-state index is 0.0724. The Morgan fingerprint density at radius 1 is 1.13 bits per heavy atom. The Labute approximate surface area is 137 Å². The summed E-state index contributed by atoms with van der Waals surface area (Å²) >= 11 is 0. The highest BCUT2D eigenvalue weighted by molar-refractivity contribution is 5.93. The van der Waals surface area contributed by atoms with Crippen molar-refractivity contribution in [2.24, 2.45) is 5.92 Å². The van der Waals surface area contributed by atoms with Crippen LogP contribution in [-0.4, -0.2) is 62.9 Å². The molecule has 1 aliphatic carbocycles. The van der Waals surface area contributed by atoms with Gasteiger partial charge in [-0.1, -0.05) is 18.1 Å². The standard InChI is InChI=1S/C17H27N5O/c1-13-16(18-19-22(13)11-14-5-2-3-6-14)17(23)21-10-7-15(12-21)20-8-4-9-20/h14-15H,2-12H2,1H3. The molecule has 1 aromatic heterocycles. The summed E-state index contributed by atoms with van der Waals surface area (Å²) in [5.74, 6) is 0.782. The molecule has 1 atom stereocenters. The van der Waals surface area contributed by atoms with E-state index in [0.29, 0.717) is 17.7 Å². The number of aromatic nitrogens is 3. The highest BCUT2D eigenvalue weighted by Crippen LogP contribution is 2.27. The third-order valence-corrected chi connectivity index (χ3v) is 5.95. The van der Waals surface area contributed by atoms with Crippen LogP contribution in [0.25, 0.3) is 0 Å².